The number of aliphatic hydroxyl groups is 1. The van der Waals surface area contributed by atoms with Crippen molar-refractivity contribution in [3.8, 4) is 0 Å². The minimum absolute atomic E-state index is 0.0431. The Bertz CT molecular complexity index is 446. The van der Waals surface area contributed by atoms with Crippen molar-refractivity contribution in [3.63, 3.8) is 0 Å². The molecular formula is C11H11F3O3S. The fourth-order valence-corrected chi connectivity index (χ4v) is 2.10. The van der Waals surface area contributed by atoms with E-state index in [9.17, 15) is 18.0 Å². The zero-order valence-electron chi connectivity index (χ0n) is 9.36. The summed E-state index contributed by atoms with van der Waals surface area (Å²) in [5.74, 6) is -1.70. The number of hydrogen-bond donors (Lipinski definition) is 2. The third kappa shape index (κ3) is 3.92. The first kappa shape index (κ1) is 14.8. The molecule has 0 aliphatic carbocycles. The maximum Gasteiger partial charge on any atom is 0.415 e. The number of hydrogen-bond acceptors (Lipinski definition) is 3. The normalized spacial score (nSPS) is 13.4. The quantitative estimate of drug-likeness (QED) is 0.833. The Balaban J connectivity index is 2.75. The fraction of sp³-hybridized carbons (Fsp3) is 0.364. The second kappa shape index (κ2) is 5.62. The predicted molar refractivity (Wildman–Crippen MR) is 60.9 cm³/mol. The number of aromatic carboxylic acids is 1. The number of benzene rings is 1. The summed E-state index contributed by atoms with van der Waals surface area (Å²) in [5, 5.41) is 17.7. The zero-order valence-corrected chi connectivity index (χ0v) is 10.2. The van der Waals surface area contributed by atoms with Crippen LogP contribution < -0.4 is 0 Å². The second-order valence-electron chi connectivity index (χ2n) is 3.65. The maximum absolute atomic E-state index is 12.1. The average Bonchev–Trinajstić information content (AvgIpc) is 2.25. The smallest absolute Gasteiger partial charge is 0.415 e. The molecule has 0 aromatic heterocycles. The molecule has 0 heterocycles. The molecule has 0 aliphatic rings. The Kier molecular flexibility index (Phi) is 4.64. The van der Waals surface area contributed by atoms with Gasteiger partial charge in [-0.2, -0.15) is 13.2 Å². The van der Waals surface area contributed by atoms with Gasteiger partial charge in [-0.25, -0.2) is 4.79 Å². The van der Waals surface area contributed by atoms with E-state index in [1.807, 2.05) is 0 Å². The van der Waals surface area contributed by atoms with E-state index in [1.165, 1.54) is 18.2 Å². The summed E-state index contributed by atoms with van der Waals surface area (Å²) >= 11 is 0.762. The molecule has 1 rings (SSSR count). The molecule has 0 radical (unpaired) electrons. The lowest BCUT2D eigenvalue weighted by atomic mass is 10.1. The first-order valence-electron chi connectivity index (χ1n) is 4.93. The molecule has 0 saturated carbocycles. The minimum atomic E-state index is -4.66. The van der Waals surface area contributed by atoms with E-state index in [2.05, 4.69) is 0 Å². The lowest BCUT2D eigenvalue weighted by Gasteiger charge is -2.14. The first-order chi connectivity index (χ1) is 8.21. The van der Waals surface area contributed by atoms with E-state index in [-0.39, 0.29) is 5.56 Å². The van der Waals surface area contributed by atoms with Crippen LogP contribution in [0.3, 0.4) is 0 Å². The third-order valence-electron chi connectivity index (χ3n) is 2.23. The van der Waals surface area contributed by atoms with Gasteiger partial charge in [-0.3, -0.25) is 0 Å². The van der Waals surface area contributed by atoms with E-state index in [4.69, 9.17) is 10.2 Å². The van der Waals surface area contributed by atoms with Gasteiger partial charge in [0.25, 0.3) is 0 Å². The van der Waals surface area contributed by atoms with Gasteiger partial charge >= 0.3 is 12.1 Å². The molecule has 0 saturated heterocycles. The monoisotopic (exact) mass is 280 g/mol. The highest BCUT2D eigenvalue weighted by atomic mass is 32.2. The highest BCUT2D eigenvalue weighted by molar-refractivity contribution is 7.99. The van der Waals surface area contributed by atoms with Crippen LogP contribution in [0.5, 0.6) is 0 Å². The van der Waals surface area contributed by atoms with Crippen molar-refractivity contribution in [3.05, 3.63) is 29.3 Å². The number of halogens is 3. The second-order valence-corrected chi connectivity index (χ2v) is 4.74. The van der Waals surface area contributed by atoms with Gasteiger partial charge in [0.05, 0.1) is 5.56 Å². The Morgan fingerprint density at radius 1 is 1.44 bits per heavy atom. The standard InChI is InChI=1S/C11H11F3O3S/c1-6-2-3-7(4-8(6)10(16)17)18-5-9(15)11(12,13)14/h2-4,9,15H,5H2,1H3,(H,16,17). The number of aliphatic hydroxyl groups excluding tert-OH is 1. The molecule has 3 nitrogen and oxygen atoms in total. The Morgan fingerprint density at radius 3 is 2.56 bits per heavy atom. The van der Waals surface area contributed by atoms with Gasteiger partial charge in [0.2, 0.25) is 0 Å². The van der Waals surface area contributed by atoms with Crippen LogP contribution in [0.25, 0.3) is 0 Å². The third-order valence-corrected chi connectivity index (χ3v) is 3.29. The van der Waals surface area contributed by atoms with Crippen molar-refractivity contribution in [1.29, 1.82) is 0 Å². The van der Waals surface area contributed by atoms with E-state index >= 15 is 0 Å². The molecule has 18 heavy (non-hydrogen) atoms. The van der Waals surface area contributed by atoms with Gasteiger partial charge < -0.3 is 10.2 Å². The summed E-state index contributed by atoms with van der Waals surface area (Å²) in [4.78, 5) is 11.2. The zero-order chi connectivity index (χ0) is 13.9. The van der Waals surface area contributed by atoms with Gasteiger partial charge in [-0.1, -0.05) is 6.07 Å². The minimum Gasteiger partial charge on any atom is -0.478 e. The van der Waals surface area contributed by atoms with Gasteiger partial charge in [0.15, 0.2) is 6.10 Å². The van der Waals surface area contributed by atoms with E-state index in [0.717, 1.165) is 11.8 Å². The summed E-state index contributed by atoms with van der Waals surface area (Å²) < 4.78 is 36.2. The molecular weight excluding hydrogens is 269 g/mol. The number of aryl methyl sites for hydroxylation is 1. The molecule has 0 amide bonds. The number of carboxylic acids is 1. The van der Waals surface area contributed by atoms with Crippen LogP contribution in [0.4, 0.5) is 13.2 Å². The summed E-state index contributed by atoms with van der Waals surface area (Å²) in [5.41, 5.74) is 0.574. The van der Waals surface area contributed by atoms with Crippen LogP contribution in [0, 0.1) is 6.92 Å². The lowest BCUT2D eigenvalue weighted by molar-refractivity contribution is -0.195. The predicted octanol–water partition coefficient (Wildman–Crippen LogP) is 2.71. The van der Waals surface area contributed by atoms with Crippen molar-refractivity contribution < 1.29 is 28.2 Å². The van der Waals surface area contributed by atoms with Crippen LogP contribution in [0.2, 0.25) is 0 Å². The van der Waals surface area contributed by atoms with Gasteiger partial charge in [-0.15, -0.1) is 11.8 Å². The topological polar surface area (TPSA) is 57.5 Å². The highest BCUT2D eigenvalue weighted by Gasteiger charge is 2.37. The van der Waals surface area contributed by atoms with Gasteiger partial charge in [0.1, 0.15) is 0 Å². The summed E-state index contributed by atoms with van der Waals surface area (Å²) in [6.45, 7) is 1.60. The summed E-state index contributed by atoms with van der Waals surface area (Å²) in [7, 11) is 0. The summed E-state index contributed by atoms with van der Waals surface area (Å²) in [6.07, 6.45) is -7.08. The molecule has 1 aromatic carbocycles. The van der Waals surface area contributed by atoms with Crippen LogP contribution >= 0.6 is 11.8 Å². The van der Waals surface area contributed by atoms with Crippen LogP contribution in [-0.2, 0) is 0 Å². The number of alkyl halides is 3. The van der Waals surface area contributed by atoms with Crippen molar-refractivity contribution in [2.24, 2.45) is 0 Å². The van der Waals surface area contributed by atoms with Crippen LogP contribution in [-0.4, -0.2) is 34.2 Å². The number of carboxylic acid groups (broad SMARTS) is 1. The Hall–Kier alpha value is -1.21. The number of rotatable bonds is 4. The van der Waals surface area contributed by atoms with Crippen molar-refractivity contribution in [1.82, 2.24) is 0 Å². The van der Waals surface area contributed by atoms with Crippen LogP contribution in [0.1, 0.15) is 15.9 Å². The average molecular weight is 280 g/mol. The number of thioether (sulfide) groups is 1. The van der Waals surface area contributed by atoms with Crippen molar-refractivity contribution in [2.75, 3.05) is 5.75 Å². The SMILES string of the molecule is Cc1ccc(SCC(O)C(F)(F)F)cc1C(=O)O. The van der Waals surface area contributed by atoms with Gasteiger partial charge in [-0.05, 0) is 24.6 Å². The Morgan fingerprint density at radius 2 is 2.06 bits per heavy atom. The largest absolute Gasteiger partial charge is 0.478 e. The molecule has 100 valence electrons. The molecule has 0 spiro atoms. The van der Waals surface area contributed by atoms with Crippen molar-refractivity contribution >= 4 is 17.7 Å². The molecule has 2 N–H and O–H groups in total. The van der Waals surface area contributed by atoms with Crippen molar-refractivity contribution in [2.45, 2.75) is 24.1 Å². The molecule has 7 heteroatoms. The molecule has 1 aromatic rings. The lowest BCUT2D eigenvalue weighted by Crippen LogP contribution is -2.30. The summed E-state index contributed by atoms with van der Waals surface area (Å²) in [6, 6.07) is 4.34. The van der Waals surface area contributed by atoms with E-state index in [1.54, 1.807) is 6.92 Å². The molecule has 0 aliphatic heterocycles. The Labute approximate surface area is 106 Å². The first-order valence-corrected chi connectivity index (χ1v) is 5.92. The molecule has 0 fully saturated rings. The van der Waals surface area contributed by atoms with E-state index < -0.39 is 24.0 Å². The number of carbonyl (C=O) groups is 1. The molecule has 1 unspecified atom stereocenters. The highest BCUT2D eigenvalue weighted by Crippen LogP contribution is 2.27. The van der Waals surface area contributed by atoms with Gasteiger partial charge in [0, 0.05) is 10.6 Å². The maximum atomic E-state index is 12.1. The van der Waals surface area contributed by atoms with E-state index in [0.29, 0.717) is 10.5 Å². The molecule has 1 atom stereocenters. The molecule has 0 bridgehead atoms. The fourth-order valence-electron chi connectivity index (χ4n) is 1.19. The van der Waals surface area contributed by atoms with Crippen LogP contribution in [0.15, 0.2) is 23.1 Å².